The largest absolute Gasteiger partial charge is 0.319 e. The van der Waals surface area contributed by atoms with Crippen LogP contribution in [-0.4, -0.2) is 32.7 Å². The van der Waals surface area contributed by atoms with Crippen molar-refractivity contribution in [2.24, 2.45) is 0 Å². The average molecular weight is 263 g/mol. The molecule has 2 N–H and O–H groups in total. The van der Waals surface area contributed by atoms with Crippen LogP contribution in [0, 0.1) is 6.92 Å². The van der Waals surface area contributed by atoms with E-state index in [1.54, 1.807) is 7.05 Å². The molecule has 0 spiro atoms. The minimum Gasteiger partial charge on any atom is -0.319 e. The summed E-state index contributed by atoms with van der Waals surface area (Å²) in [6, 6.07) is 0. The van der Waals surface area contributed by atoms with Gasteiger partial charge in [-0.25, -0.2) is 13.4 Å². The molecule has 0 bridgehead atoms. The zero-order valence-electron chi connectivity index (χ0n) is 9.70. The molecule has 0 aliphatic carbocycles. The molecule has 1 rings (SSSR count). The number of thiazole rings is 1. The highest BCUT2D eigenvalue weighted by Crippen LogP contribution is 2.23. The summed E-state index contributed by atoms with van der Waals surface area (Å²) in [6.07, 6.45) is 0.820. The number of nitrogens with one attached hydrogen (secondary N) is 2. The summed E-state index contributed by atoms with van der Waals surface area (Å²) in [7, 11) is -1.55. The minimum atomic E-state index is -3.27. The molecule has 0 aromatic carbocycles. The molecule has 0 fully saturated rings. The van der Waals surface area contributed by atoms with Gasteiger partial charge in [0.15, 0.2) is 5.13 Å². The van der Waals surface area contributed by atoms with Gasteiger partial charge >= 0.3 is 0 Å². The van der Waals surface area contributed by atoms with Gasteiger partial charge in [0.05, 0.1) is 11.4 Å². The van der Waals surface area contributed by atoms with Gasteiger partial charge in [0.2, 0.25) is 10.0 Å². The van der Waals surface area contributed by atoms with Crippen LogP contribution in [0.3, 0.4) is 0 Å². The van der Waals surface area contributed by atoms with E-state index in [1.165, 1.54) is 11.3 Å². The number of hydrogen-bond acceptors (Lipinski definition) is 5. The first-order valence-corrected chi connectivity index (χ1v) is 7.56. The van der Waals surface area contributed by atoms with E-state index in [-0.39, 0.29) is 5.75 Å². The molecule has 0 atom stereocenters. The molecule has 0 amide bonds. The second kappa shape index (κ2) is 5.60. The van der Waals surface area contributed by atoms with Crippen LogP contribution in [0.25, 0.3) is 0 Å². The van der Waals surface area contributed by atoms with Crippen molar-refractivity contribution in [2.45, 2.75) is 20.3 Å². The Morgan fingerprint density at radius 3 is 2.62 bits per heavy atom. The SMILES string of the molecule is CCc1nc(NS(=O)(=O)CCNC)sc1C. The van der Waals surface area contributed by atoms with Crippen LogP contribution >= 0.6 is 11.3 Å². The van der Waals surface area contributed by atoms with Gasteiger partial charge in [0.1, 0.15) is 0 Å². The third-order valence-electron chi connectivity index (χ3n) is 2.09. The van der Waals surface area contributed by atoms with Crippen LogP contribution in [0.2, 0.25) is 0 Å². The summed E-state index contributed by atoms with van der Waals surface area (Å²) < 4.78 is 25.7. The zero-order chi connectivity index (χ0) is 12.2. The molecule has 0 saturated heterocycles. The molecule has 7 heteroatoms. The zero-order valence-corrected chi connectivity index (χ0v) is 11.3. The fraction of sp³-hybridized carbons (Fsp3) is 0.667. The minimum absolute atomic E-state index is 0.0591. The van der Waals surface area contributed by atoms with Crippen molar-refractivity contribution in [3.05, 3.63) is 10.6 Å². The first-order chi connectivity index (χ1) is 7.48. The molecule has 16 heavy (non-hydrogen) atoms. The maximum Gasteiger partial charge on any atom is 0.235 e. The molecule has 92 valence electrons. The van der Waals surface area contributed by atoms with Gasteiger partial charge in [-0.2, -0.15) is 0 Å². The number of hydrogen-bond donors (Lipinski definition) is 2. The normalized spacial score (nSPS) is 11.7. The number of rotatable bonds is 6. The third-order valence-corrected chi connectivity index (χ3v) is 4.39. The Balaban J connectivity index is 2.72. The third kappa shape index (κ3) is 3.73. The molecule has 0 aliphatic rings. The molecule has 0 unspecified atom stereocenters. The van der Waals surface area contributed by atoms with E-state index >= 15 is 0 Å². The second-order valence-corrected chi connectivity index (χ2v) is 6.45. The Bertz CT molecular complexity index is 440. The standard InChI is InChI=1S/C9H17N3O2S2/c1-4-8-7(2)15-9(11-8)12-16(13,14)6-5-10-3/h10H,4-6H2,1-3H3,(H,11,12). The van der Waals surface area contributed by atoms with Gasteiger partial charge in [-0.3, -0.25) is 4.72 Å². The molecule has 5 nitrogen and oxygen atoms in total. The van der Waals surface area contributed by atoms with E-state index in [1.807, 2.05) is 13.8 Å². The fourth-order valence-corrected chi connectivity index (χ4v) is 3.41. The number of aromatic nitrogens is 1. The molecule has 0 aliphatic heterocycles. The van der Waals surface area contributed by atoms with Crippen LogP contribution in [0.15, 0.2) is 0 Å². The van der Waals surface area contributed by atoms with Gasteiger partial charge in [-0.1, -0.05) is 6.92 Å². The predicted octanol–water partition coefficient (Wildman–Crippen LogP) is 0.975. The van der Waals surface area contributed by atoms with E-state index in [4.69, 9.17) is 0 Å². The summed E-state index contributed by atoms with van der Waals surface area (Å²) >= 11 is 1.38. The van der Waals surface area contributed by atoms with Crippen molar-refractivity contribution in [1.82, 2.24) is 10.3 Å². The maximum atomic E-state index is 11.6. The molecule has 0 radical (unpaired) electrons. The lowest BCUT2D eigenvalue weighted by Crippen LogP contribution is -2.24. The quantitative estimate of drug-likeness (QED) is 0.802. The predicted molar refractivity (Wildman–Crippen MR) is 67.6 cm³/mol. The molecule has 1 heterocycles. The smallest absolute Gasteiger partial charge is 0.235 e. The van der Waals surface area contributed by atoms with E-state index in [2.05, 4.69) is 15.0 Å². The molecule has 1 aromatic rings. The Kier molecular flexibility index (Phi) is 4.69. The highest BCUT2D eigenvalue weighted by molar-refractivity contribution is 7.92. The Hall–Kier alpha value is -0.660. The lowest BCUT2D eigenvalue weighted by molar-refractivity contribution is 0.598. The highest BCUT2D eigenvalue weighted by Gasteiger charge is 2.13. The molecule has 1 aromatic heterocycles. The van der Waals surface area contributed by atoms with Crippen molar-refractivity contribution >= 4 is 26.5 Å². The van der Waals surface area contributed by atoms with E-state index < -0.39 is 10.0 Å². The second-order valence-electron chi connectivity index (χ2n) is 3.40. The van der Waals surface area contributed by atoms with Crippen LogP contribution in [0.4, 0.5) is 5.13 Å². The highest BCUT2D eigenvalue weighted by atomic mass is 32.2. The van der Waals surface area contributed by atoms with Crippen molar-refractivity contribution in [2.75, 3.05) is 24.1 Å². The van der Waals surface area contributed by atoms with Crippen LogP contribution < -0.4 is 10.0 Å². The lowest BCUT2D eigenvalue weighted by atomic mass is 10.3. The monoisotopic (exact) mass is 263 g/mol. The fourth-order valence-electron chi connectivity index (χ4n) is 1.22. The van der Waals surface area contributed by atoms with Gasteiger partial charge in [-0.05, 0) is 20.4 Å². The van der Waals surface area contributed by atoms with Crippen LogP contribution in [-0.2, 0) is 16.4 Å². The van der Waals surface area contributed by atoms with Crippen LogP contribution in [0.1, 0.15) is 17.5 Å². The van der Waals surface area contributed by atoms with Gasteiger partial charge in [-0.15, -0.1) is 11.3 Å². The maximum absolute atomic E-state index is 11.6. The Morgan fingerprint density at radius 1 is 1.44 bits per heavy atom. The van der Waals surface area contributed by atoms with E-state index in [0.29, 0.717) is 11.7 Å². The van der Waals surface area contributed by atoms with Crippen molar-refractivity contribution in [3.8, 4) is 0 Å². The van der Waals surface area contributed by atoms with E-state index in [9.17, 15) is 8.42 Å². The van der Waals surface area contributed by atoms with Crippen molar-refractivity contribution in [1.29, 1.82) is 0 Å². The topological polar surface area (TPSA) is 71.1 Å². The number of nitrogens with zero attached hydrogens (tertiary/aromatic N) is 1. The Morgan fingerprint density at radius 2 is 2.12 bits per heavy atom. The van der Waals surface area contributed by atoms with Crippen molar-refractivity contribution in [3.63, 3.8) is 0 Å². The Labute approximate surface area is 100 Å². The van der Waals surface area contributed by atoms with Gasteiger partial charge in [0, 0.05) is 11.4 Å². The molecule has 0 saturated carbocycles. The molecular weight excluding hydrogens is 246 g/mol. The number of sulfonamides is 1. The average Bonchev–Trinajstić information content (AvgIpc) is 2.55. The van der Waals surface area contributed by atoms with Crippen LogP contribution in [0.5, 0.6) is 0 Å². The summed E-state index contributed by atoms with van der Waals surface area (Å²) in [4.78, 5) is 5.29. The lowest BCUT2D eigenvalue weighted by Gasteiger charge is -2.03. The summed E-state index contributed by atoms with van der Waals surface area (Å²) in [5.74, 6) is 0.0591. The van der Waals surface area contributed by atoms with Gasteiger partial charge in [0.25, 0.3) is 0 Å². The summed E-state index contributed by atoms with van der Waals surface area (Å²) in [6.45, 7) is 4.38. The van der Waals surface area contributed by atoms with Crippen molar-refractivity contribution < 1.29 is 8.42 Å². The van der Waals surface area contributed by atoms with E-state index in [0.717, 1.165) is 17.0 Å². The first-order valence-electron chi connectivity index (χ1n) is 5.10. The number of anilines is 1. The number of aryl methyl sites for hydroxylation is 2. The first kappa shape index (κ1) is 13.4. The molecular formula is C9H17N3O2S2. The summed E-state index contributed by atoms with van der Waals surface area (Å²) in [5.41, 5.74) is 0.955. The van der Waals surface area contributed by atoms with Gasteiger partial charge < -0.3 is 5.32 Å². The summed E-state index contributed by atoms with van der Waals surface area (Å²) in [5, 5.41) is 3.26.